The number of amides is 1. The van der Waals surface area contributed by atoms with Crippen molar-refractivity contribution in [3.8, 4) is 0 Å². The lowest BCUT2D eigenvalue weighted by Crippen LogP contribution is -2.34. The van der Waals surface area contributed by atoms with E-state index in [4.69, 9.17) is 24.4 Å². The zero-order valence-electron chi connectivity index (χ0n) is 14.2. The highest BCUT2D eigenvalue weighted by Crippen LogP contribution is 2.22. The number of esters is 1. The minimum absolute atomic E-state index is 0.0563. The highest BCUT2D eigenvalue weighted by Gasteiger charge is 2.17. The number of alkyl carbamates (subject to hydrolysis) is 1. The van der Waals surface area contributed by atoms with Gasteiger partial charge in [0.2, 0.25) is 0 Å². The lowest BCUT2D eigenvalue weighted by atomic mass is 10.2. The summed E-state index contributed by atoms with van der Waals surface area (Å²) < 4.78 is 15.4. The quantitative estimate of drug-likeness (QED) is 0.342. The summed E-state index contributed by atoms with van der Waals surface area (Å²) in [6.45, 7) is 6.00. The summed E-state index contributed by atoms with van der Waals surface area (Å²) in [6.07, 6.45) is 1.22. The number of nitrogens with one attached hydrogen (secondary N) is 1. The van der Waals surface area contributed by atoms with Crippen molar-refractivity contribution in [2.45, 2.75) is 45.5 Å². The number of aliphatic hydroxyl groups excluding tert-OH is 1. The van der Waals surface area contributed by atoms with Gasteiger partial charge in [-0.15, -0.1) is 0 Å². The van der Waals surface area contributed by atoms with Gasteiger partial charge in [0.1, 0.15) is 11.4 Å². The monoisotopic (exact) mass is 343 g/mol. The summed E-state index contributed by atoms with van der Waals surface area (Å²) in [6, 6.07) is 0. The molecule has 0 saturated heterocycles. The van der Waals surface area contributed by atoms with Gasteiger partial charge in [-0.1, -0.05) is 6.08 Å². The van der Waals surface area contributed by atoms with Crippen molar-refractivity contribution in [3.05, 3.63) is 23.5 Å². The van der Waals surface area contributed by atoms with Crippen molar-refractivity contribution in [2.24, 2.45) is 0 Å². The van der Waals surface area contributed by atoms with E-state index in [0.717, 1.165) is 0 Å². The van der Waals surface area contributed by atoms with E-state index in [1.807, 2.05) is 0 Å². The van der Waals surface area contributed by atoms with Crippen LogP contribution < -0.4 is 5.32 Å². The first kappa shape index (κ1) is 20.1. The lowest BCUT2D eigenvalue weighted by molar-refractivity contribution is -0.140. The third-order valence-electron chi connectivity index (χ3n) is 2.80. The highest BCUT2D eigenvalue weighted by molar-refractivity contribution is 5.71. The first-order valence-electron chi connectivity index (χ1n) is 7.68. The number of aliphatic hydroxyl groups is 2. The van der Waals surface area contributed by atoms with Gasteiger partial charge in [-0.25, -0.2) is 4.79 Å². The van der Waals surface area contributed by atoms with Crippen LogP contribution in [0.1, 0.15) is 33.6 Å². The number of carbonyl (C=O) groups excluding carboxylic acids is 2. The minimum Gasteiger partial charge on any atom is -0.444 e. The van der Waals surface area contributed by atoms with Gasteiger partial charge in [0, 0.05) is 13.0 Å². The molecule has 0 fully saturated rings. The molecule has 0 bridgehead atoms. The van der Waals surface area contributed by atoms with Crippen molar-refractivity contribution < 1.29 is 34.0 Å². The Hall–Kier alpha value is -1.90. The standard InChI is InChI=1S/C16H25NO7/c1-16(2,3)24-15(21)17-7-9-22-8-6-13(18)23-12-5-4-11(10-12)14(19)20/h4-5,14,19-20H,6-10H2,1-3H3,(H,17,21). The number of carbonyl (C=O) groups is 2. The lowest BCUT2D eigenvalue weighted by Gasteiger charge is -2.19. The Morgan fingerprint density at radius 1 is 1.25 bits per heavy atom. The highest BCUT2D eigenvalue weighted by atomic mass is 16.6. The van der Waals surface area contributed by atoms with Crippen molar-refractivity contribution in [3.63, 3.8) is 0 Å². The van der Waals surface area contributed by atoms with Crippen LogP contribution in [-0.2, 0) is 19.0 Å². The van der Waals surface area contributed by atoms with Crippen LogP contribution in [-0.4, -0.2) is 53.9 Å². The van der Waals surface area contributed by atoms with Crippen LogP contribution >= 0.6 is 0 Å². The van der Waals surface area contributed by atoms with Crippen LogP contribution in [0.15, 0.2) is 23.5 Å². The van der Waals surface area contributed by atoms with Gasteiger partial charge in [-0.2, -0.15) is 0 Å². The van der Waals surface area contributed by atoms with Crippen LogP contribution in [0.5, 0.6) is 0 Å². The molecule has 0 aromatic heterocycles. The molecule has 0 saturated carbocycles. The molecule has 8 heteroatoms. The second kappa shape index (κ2) is 9.41. The maximum Gasteiger partial charge on any atom is 0.407 e. The molecule has 0 radical (unpaired) electrons. The predicted molar refractivity (Wildman–Crippen MR) is 84.8 cm³/mol. The Morgan fingerprint density at radius 2 is 1.96 bits per heavy atom. The van der Waals surface area contributed by atoms with Crippen molar-refractivity contribution in [1.82, 2.24) is 5.32 Å². The fourth-order valence-electron chi connectivity index (χ4n) is 1.76. The molecule has 136 valence electrons. The second-order valence-electron chi connectivity index (χ2n) is 6.19. The summed E-state index contributed by atoms with van der Waals surface area (Å²) >= 11 is 0. The van der Waals surface area contributed by atoms with Crippen molar-refractivity contribution >= 4 is 12.1 Å². The normalized spacial score (nSPS) is 14.2. The van der Waals surface area contributed by atoms with Crippen LogP contribution in [0.25, 0.3) is 0 Å². The summed E-state index contributed by atoms with van der Waals surface area (Å²) in [5.41, 5.74) is -0.174. The number of ether oxygens (including phenoxy) is 3. The molecule has 8 nitrogen and oxygen atoms in total. The maximum absolute atomic E-state index is 11.6. The molecule has 0 heterocycles. The third kappa shape index (κ3) is 8.66. The Bertz CT molecular complexity index is 503. The van der Waals surface area contributed by atoms with E-state index in [2.05, 4.69) is 5.32 Å². The Balaban J connectivity index is 2.04. The molecule has 0 atom stereocenters. The molecule has 0 aliphatic heterocycles. The van der Waals surface area contributed by atoms with Crippen LogP contribution in [0.3, 0.4) is 0 Å². The molecule has 3 N–H and O–H groups in total. The molecule has 0 aromatic carbocycles. The molecule has 1 aliphatic rings. The SMILES string of the molecule is CC(C)(C)OC(=O)NCCOCCC(=O)OC1=CC=C(C(O)O)C1. The van der Waals surface area contributed by atoms with Crippen molar-refractivity contribution in [2.75, 3.05) is 19.8 Å². The van der Waals surface area contributed by atoms with Gasteiger partial charge in [0.05, 0.1) is 19.6 Å². The topological polar surface area (TPSA) is 114 Å². The summed E-state index contributed by atoms with van der Waals surface area (Å²) in [4.78, 5) is 22.9. The van der Waals surface area contributed by atoms with Crippen LogP contribution in [0, 0.1) is 0 Å². The largest absolute Gasteiger partial charge is 0.444 e. The van der Waals surface area contributed by atoms with Gasteiger partial charge < -0.3 is 29.7 Å². The summed E-state index contributed by atoms with van der Waals surface area (Å²) in [7, 11) is 0. The fraction of sp³-hybridized carbons (Fsp3) is 0.625. The molecule has 0 aromatic rings. The van der Waals surface area contributed by atoms with Gasteiger partial charge >= 0.3 is 12.1 Å². The van der Waals surface area contributed by atoms with Gasteiger partial charge in [0.15, 0.2) is 6.29 Å². The number of hydrogen-bond acceptors (Lipinski definition) is 7. The van der Waals surface area contributed by atoms with Crippen LogP contribution in [0.2, 0.25) is 0 Å². The minimum atomic E-state index is -1.54. The van der Waals surface area contributed by atoms with E-state index < -0.39 is 24.0 Å². The molecular formula is C16H25NO7. The smallest absolute Gasteiger partial charge is 0.407 e. The Labute approximate surface area is 141 Å². The van der Waals surface area contributed by atoms with E-state index in [1.165, 1.54) is 12.2 Å². The molecule has 24 heavy (non-hydrogen) atoms. The molecule has 0 unspecified atom stereocenters. The Morgan fingerprint density at radius 3 is 2.54 bits per heavy atom. The molecule has 0 spiro atoms. The number of hydrogen-bond donors (Lipinski definition) is 3. The number of allylic oxidation sites excluding steroid dienone is 3. The third-order valence-corrected chi connectivity index (χ3v) is 2.80. The van der Waals surface area contributed by atoms with Crippen molar-refractivity contribution in [1.29, 1.82) is 0 Å². The molecular weight excluding hydrogens is 318 g/mol. The van der Waals surface area contributed by atoms with E-state index in [1.54, 1.807) is 20.8 Å². The first-order chi connectivity index (χ1) is 11.2. The average Bonchev–Trinajstić information content (AvgIpc) is 2.89. The van der Waals surface area contributed by atoms with Gasteiger partial charge in [-0.05, 0) is 32.4 Å². The zero-order valence-corrected chi connectivity index (χ0v) is 14.2. The van der Waals surface area contributed by atoms with E-state index in [9.17, 15) is 9.59 Å². The molecule has 1 amide bonds. The van der Waals surface area contributed by atoms with Gasteiger partial charge in [-0.3, -0.25) is 4.79 Å². The fourth-order valence-corrected chi connectivity index (χ4v) is 1.76. The van der Waals surface area contributed by atoms with E-state index in [-0.39, 0.29) is 32.6 Å². The predicted octanol–water partition coefficient (Wildman–Crippen LogP) is 0.986. The first-order valence-corrected chi connectivity index (χ1v) is 7.68. The van der Waals surface area contributed by atoms with E-state index in [0.29, 0.717) is 11.3 Å². The Kier molecular flexibility index (Phi) is 7.90. The summed E-state index contributed by atoms with van der Waals surface area (Å²) in [5, 5.41) is 20.5. The maximum atomic E-state index is 11.6. The average molecular weight is 343 g/mol. The van der Waals surface area contributed by atoms with Crippen LogP contribution in [0.4, 0.5) is 4.79 Å². The second-order valence-corrected chi connectivity index (χ2v) is 6.19. The van der Waals surface area contributed by atoms with Gasteiger partial charge in [0.25, 0.3) is 0 Å². The molecule has 1 aliphatic carbocycles. The van der Waals surface area contributed by atoms with E-state index >= 15 is 0 Å². The number of rotatable bonds is 8. The summed E-state index contributed by atoms with van der Waals surface area (Å²) in [5.74, 6) is -0.0990. The zero-order chi connectivity index (χ0) is 18.2. The molecule has 1 rings (SSSR count).